The number of carbonyl (C=O) groups is 1. The van der Waals surface area contributed by atoms with Crippen LogP contribution >= 0.6 is 0 Å². The minimum atomic E-state index is -0.884. The van der Waals surface area contributed by atoms with E-state index in [0.29, 0.717) is 17.5 Å². The molecule has 2 atom stereocenters. The van der Waals surface area contributed by atoms with E-state index < -0.39 is 5.97 Å². The van der Waals surface area contributed by atoms with Gasteiger partial charge in [0.25, 0.3) is 0 Å². The lowest BCUT2D eigenvalue weighted by molar-refractivity contribution is 0.0697. The highest BCUT2D eigenvalue weighted by atomic mass is 16.4. The standard InChI is InChI=1S/C32H25NO2/c34-32(35)21-13-15-22(16-14-21)33-30-11-5-10-27(30)29-19-20(12-17-31(29)33)18-28-25-8-3-1-6-23(25)24-7-2-4-9-26(24)28/h1-4,6-9,12-19,27,30H,5,10-11H2,(H,34,35). The van der Waals surface area contributed by atoms with E-state index in [1.807, 2.05) is 12.1 Å². The smallest absolute Gasteiger partial charge is 0.335 e. The summed E-state index contributed by atoms with van der Waals surface area (Å²) < 4.78 is 0. The Kier molecular flexibility index (Phi) is 4.47. The lowest BCUT2D eigenvalue weighted by Gasteiger charge is -2.27. The van der Waals surface area contributed by atoms with E-state index in [1.165, 1.54) is 57.5 Å². The molecule has 4 aromatic carbocycles. The second-order valence-corrected chi connectivity index (χ2v) is 9.79. The van der Waals surface area contributed by atoms with Crippen LogP contribution in [-0.2, 0) is 0 Å². The monoisotopic (exact) mass is 455 g/mol. The fourth-order valence-corrected chi connectivity index (χ4v) is 6.44. The first-order valence-corrected chi connectivity index (χ1v) is 12.4. The average molecular weight is 456 g/mol. The van der Waals surface area contributed by atoms with Crippen molar-refractivity contribution >= 4 is 29.0 Å². The molecule has 35 heavy (non-hydrogen) atoms. The number of benzene rings is 4. The summed E-state index contributed by atoms with van der Waals surface area (Å²) in [6.07, 6.45) is 5.94. The Balaban J connectivity index is 1.32. The molecule has 1 aliphatic heterocycles. The van der Waals surface area contributed by atoms with Crippen molar-refractivity contribution in [1.29, 1.82) is 0 Å². The SMILES string of the molecule is O=C(O)c1ccc(N2c3ccc(C=C4c5ccccc5-c5ccccc54)cc3C3CCCC32)cc1. The molecule has 170 valence electrons. The van der Waals surface area contributed by atoms with Gasteiger partial charge in [-0.1, -0.05) is 61.0 Å². The molecule has 2 unspecified atom stereocenters. The van der Waals surface area contributed by atoms with Crippen LogP contribution in [-0.4, -0.2) is 17.1 Å². The van der Waals surface area contributed by atoms with E-state index in [4.69, 9.17) is 0 Å². The van der Waals surface area contributed by atoms with Crippen LogP contribution in [0.5, 0.6) is 0 Å². The van der Waals surface area contributed by atoms with E-state index in [0.717, 1.165) is 12.1 Å². The van der Waals surface area contributed by atoms with Crippen molar-refractivity contribution in [3.05, 3.63) is 119 Å². The number of carboxylic acid groups (broad SMARTS) is 1. The van der Waals surface area contributed by atoms with Crippen LogP contribution in [0.15, 0.2) is 91.0 Å². The van der Waals surface area contributed by atoms with Crippen molar-refractivity contribution in [2.75, 3.05) is 4.90 Å². The molecule has 0 spiro atoms. The Morgan fingerprint density at radius 3 is 2.11 bits per heavy atom. The predicted octanol–water partition coefficient (Wildman–Crippen LogP) is 7.74. The molecule has 0 radical (unpaired) electrons. The van der Waals surface area contributed by atoms with Crippen molar-refractivity contribution in [1.82, 2.24) is 0 Å². The van der Waals surface area contributed by atoms with Gasteiger partial charge in [-0.15, -0.1) is 0 Å². The highest BCUT2D eigenvalue weighted by Gasteiger charge is 2.42. The second kappa shape index (κ2) is 7.71. The van der Waals surface area contributed by atoms with Crippen LogP contribution in [0.1, 0.15) is 57.8 Å². The third kappa shape index (κ3) is 3.08. The summed E-state index contributed by atoms with van der Waals surface area (Å²) >= 11 is 0. The van der Waals surface area contributed by atoms with Gasteiger partial charge in [0.1, 0.15) is 0 Å². The molecule has 1 N–H and O–H groups in total. The molecule has 1 saturated carbocycles. The summed E-state index contributed by atoms with van der Waals surface area (Å²) in [5.74, 6) is -0.365. The molecule has 3 heteroatoms. The van der Waals surface area contributed by atoms with Crippen molar-refractivity contribution < 1.29 is 9.90 Å². The summed E-state index contributed by atoms with van der Waals surface area (Å²) in [6.45, 7) is 0. The minimum absolute atomic E-state index is 0.329. The van der Waals surface area contributed by atoms with E-state index in [1.54, 1.807) is 12.1 Å². The van der Waals surface area contributed by atoms with Crippen molar-refractivity contribution in [2.45, 2.75) is 31.2 Å². The molecule has 2 aliphatic carbocycles. The van der Waals surface area contributed by atoms with Crippen LogP contribution in [0.3, 0.4) is 0 Å². The number of hydrogen-bond acceptors (Lipinski definition) is 2. The van der Waals surface area contributed by atoms with Crippen LogP contribution in [0.2, 0.25) is 0 Å². The Morgan fingerprint density at radius 2 is 1.46 bits per heavy atom. The van der Waals surface area contributed by atoms with Gasteiger partial charge in [-0.2, -0.15) is 0 Å². The van der Waals surface area contributed by atoms with Crippen molar-refractivity contribution in [2.24, 2.45) is 0 Å². The average Bonchev–Trinajstić information content (AvgIpc) is 3.57. The Labute approximate surface area is 205 Å². The molecule has 7 rings (SSSR count). The summed E-state index contributed by atoms with van der Waals surface area (Å²) in [7, 11) is 0. The first-order valence-electron chi connectivity index (χ1n) is 12.4. The summed E-state index contributed by atoms with van der Waals surface area (Å²) in [5, 5.41) is 9.30. The maximum atomic E-state index is 11.3. The third-order valence-corrected chi connectivity index (χ3v) is 7.95. The molecule has 0 aromatic heterocycles. The van der Waals surface area contributed by atoms with E-state index in [9.17, 15) is 9.90 Å². The van der Waals surface area contributed by atoms with Gasteiger partial charge in [0.05, 0.1) is 5.56 Å². The lowest BCUT2D eigenvalue weighted by atomic mass is 9.94. The molecule has 3 aliphatic rings. The van der Waals surface area contributed by atoms with Crippen LogP contribution in [0.25, 0.3) is 22.8 Å². The maximum Gasteiger partial charge on any atom is 0.335 e. The number of hydrogen-bond donors (Lipinski definition) is 1. The van der Waals surface area contributed by atoms with Gasteiger partial charge in [-0.3, -0.25) is 0 Å². The first kappa shape index (κ1) is 20.3. The number of anilines is 2. The largest absolute Gasteiger partial charge is 0.478 e. The molecule has 3 nitrogen and oxygen atoms in total. The van der Waals surface area contributed by atoms with E-state index in [2.05, 4.69) is 77.7 Å². The molecule has 0 bridgehead atoms. The summed E-state index contributed by atoms with van der Waals surface area (Å²) in [5.41, 5.74) is 11.8. The quantitative estimate of drug-likeness (QED) is 0.302. The predicted molar refractivity (Wildman–Crippen MR) is 141 cm³/mol. The molecule has 0 amide bonds. The molecule has 1 heterocycles. The van der Waals surface area contributed by atoms with Gasteiger partial charge in [0.15, 0.2) is 0 Å². The van der Waals surface area contributed by atoms with Gasteiger partial charge >= 0.3 is 5.97 Å². The van der Waals surface area contributed by atoms with Gasteiger partial charge in [-0.05, 0) is 94.3 Å². The zero-order valence-corrected chi connectivity index (χ0v) is 19.3. The Hall–Kier alpha value is -4.11. The first-order chi connectivity index (χ1) is 17.2. The van der Waals surface area contributed by atoms with Crippen LogP contribution in [0.4, 0.5) is 11.4 Å². The molecule has 4 aromatic rings. The normalized spacial score (nSPS) is 19.2. The summed E-state index contributed by atoms with van der Waals surface area (Å²) in [4.78, 5) is 13.8. The number of fused-ring (bicyclic) bond motifs is 6. The topological polar surface area (TPSA) is 40.5 Å². The van der Waals surface area contributed by atoms with E-state index in [-0.39, 0.29) is 0 Å². The highest BCUT2D eigenvalue weighted by Crippen LogP contribution is 2.53. The van der Waals surface area contributed by atoms with Crippen LogP contribution in [0, 0.1) is 0 Å². The fraction of sp³-hybridized carbons (Fsp3) is 0.156. The maximum absolute atomic E-state index is 11.3. The number of aromatic carboxylic acids is 1. The van der Waals surface area contributed by atoms with Gasteiger partial charge in [0, 0.05) is 23.3 Å². The highest BCUT2D eigenvalue weighted by molar-refractivity contribution is 6.06. The van der Waals surface area contributed by atoms with Crippen LogP contribution < -0.4 is 4.90 Å². The third-order valence-electron chi connectivity index (χ3n) is 7.95. The number of nitrogens with zero attached hydrogens (tertiary/aromatic N) is 1. The molecular weight excluding hydrogens is 430 g/mol. The lowest BCUT2D eigenvalue weighted by Crippen LogP contribution is -2.26. The zero-order chi connectivity index (χ0) is 23.5. The zero-order valence-electron chi connectivity index (χ0n) is 19.3. The van der Waals surface area contributed by atoms with Crippen molar-refractivity contribution in [3.8, 4) is 11.1 Å². The number of carboxylic acids is 1. The molecule has 1 fully saturated rings. The van der Waals surface area contributed by atoms with Gasteiger partial charge in [-0.25, -0.2) is 4.79 Å². The van der Waals surface area contributed by atoms with Gasteiger partial charge in [0.2, 0.25) is 0 Å². The Morgan fingerprint density at radius 1 is 0.800 bits per heavy atom. The second-order valence-electron chi connectivity index (χ2n) is 9.79. The van der Waals surface area contributed by atoms with Gasteiger partial charge < -0.3 is 10.0 Å². The van der Waals surface area contributed by atoms with Crippen molar-refractivity contribution in [3.63, 3.8) is 0 Å². The minimum Gasteiger partial charge on any atom is -0.478 e. The molecular formula is C32H25NO2. The Bertz CT molecular complexity index is 1470. The van der Waals surface area contributed by atoms with E-state index >= 15 is 0 Å². The fourth-order valence-electron chi connectivity index (χ4n) is 6.44. The number of rotatable bonds is 3. The summed E-state index contributed by atoms with van der Waals surface area (Å²) in [6, 6.07) is 32.0. The molecule has 0 saturated heterocycles.